The van der Waals surface area contributed by atoms with Crippen molar-refractivity contribution in [2.24, 2.45) is 0 Å². The molecule has 0 aliphatic carbocycles. The van der Waals surface area contributed by atoms with Crippen LogP contribution in [0.4, 0.5) is 23.2 Å². The van der Waals surface area contributed by atoms with E-state index < -0.39 is 11.9 Å². The first-order valence-corrected chi connectivity index (χ1v) is 7.91. The van der Waals surface area contributed by atoms with Crippen molar-refractivity contribution in [1.29, 1.82) is 0 Å². The maximum atomic E-state index is 13.1. The molecule has 25 heavy (non-hydrogen) atoms. The zero-order valence-electron chi connectivity index (χ0n) is 13.4. The Hall–Kier alpha value is -2.13. The van der Waals surface area contributed by atoms with Crippen LogP contribution in [0, 0.1) is 5.82 Å². The standard InChI is InChI=1S/C16H18F4N4O/c17-13-1-3-14(4-2-13)21-7-9-22(10-8-21)24-6-5-15(16(18,19)20)23(24)11-12-25/h1-5,12H,6-11H2. The Bertz CT molecular complexity index is 639. The number of piperazine rings is 1. The Morgan fingerprint density at radius 3 is 2.24 bits per heavy atom. The monoisotopic (exact) mass is 358 g/mol. The van der Waals surface area contributed by atoms with E-state index in [4.69, 9.17) is 0 Å². The van der Waals surface area contributed by atoms with E-state index in [1.807, 2.05) is 4.90 Å². The summed E-state index contributed by atoms with van der Waals surface area (Å²) in [6, 6.07) is 6.13. The van der Waals surface area contributed by atoms with Crippen LogP contribution in [0.5, 0.6) is 0 Å². The predicted molar refractivity (Wildman–Crippen MR) is 83.8 cm³/mol. The van der Waals surface area contributed by atoms with Gasteiger partial charge in [-0.15, -0.1) is 5.12 Å². The van der Waals surface area contributed by atoms with Gasteiger partial charge in [-0.2, -0.15) is 13.2 Å². The molecule has 0 radical (unpaired) electrons. The average Bonchev–Trinajstić information content (AvgIpc) is 3.00. The highest BCUT2D eigenvalue weighted by atomic mass is 19.4. The van der Waals surface area contributed by atoms with Crippen LogP contribution in [0.2, 0.25) is 0 Å². The van der Waals surface area contributed by atoms with Crippen molar-refractivity contribution in [3.05, 3.63) is 41.9 Å². The summed E-state index contributed by atoms with van der Waals surface area (Å²) in [6.45, 7) is 1.94. The molecule has 2 aliphatic heterocycles. The fourth-order valence-corrected chi connectivity index (χ4v) is 3.13. The van der Waals surface area contributed by atoms with Gasteiger partial charge in [-0.25, -0.2) is 9.40 Å². The van der Waals surface area contributed by atoms with Gasteiger partial charge >= 0.3 is 6.18 Å². The van der Waals surface area contributed by atoms with E-state index in [-0.39, 0.29) is 18.9 Å². The van der Waals surface area contributed by atoms with Gasteiger partial charge in [-0.3, -0.25) is 5.01 Å². The summed E-state index contributed by atoms with van der Waals surface area (Å²) in [5, 5.41) is 4.25. The van der Waals surface area contributed by atoms with E-state index in [1.54, 1.807) is 17.1 Å². The van der Waals surface area contributed by atoms with E-state index in [1.165, 1.54) is 17.3 Å². The highest BCUT2D eigenvalue weighted by Crippen LogP contribution is 2.33. The molecule has 136 valence electrons. The highest BCUT2D eigenvalue weighted by Gasteiger charge is 2.44. The number of hydrogen-bond acceptors (Lipinski definition) is 5. The third kappa shape index (κ3) is 3.77. The van der Waals surface area contributed by atoms with Gasteiger partial charge in [0.1, 0.15) is 17.8 Å². The van der Waals surface area contributed by atoms with Crippen LogP contribution in [-0.2, 0) is 4.79 Å². The van der Waals surface area contributed by atoms with Crippen molar-refractivity contribution in [2.45, 2.75) is 6.18 Å². The third-order valence-electron chi connectivity index (χ3n) is 4.32. The Morgan fingerprint density at radius 2 is 1.68 bits per heavy atom. The summed E-state index contributed by atoms with van der Waals surface area (Å²) in [5.74, 6) is -0.310. The number of halogens is 4. The van der Waals surface area contributed by atoms with E-state index in [0.29, 0.717) is 32.5 Å². The van der Waals surface area contributed by atoms with Gasteiger partial charge < -0.3 is 9.69 Å². The number of aldehydes is 1. The van der Waals surface area contributed by atoms with Crippen LogP contribution in [0.25, 0.3) is 0 Å². The van der Waals surface area contributed by atoms with Gasteiger partial charge in [-0.05, 0) is 30.3 Å². The molecule has 2 aliphatic rings. The zero-order valence-corrected chi connectivity index (χ0v) is 13.4. The molecule has 0 spiro atoms. The van der Waals surface area contributed by atoms with Crippen molar-refractivity contribution < 1.29 is 22.4 Å². The Balaban J connectivity index is 1.64. The molecule has 1 aromatic carbocycles. The number of anilines is 1. The molecule has 1 saturated heterocycles. The second-order valence-corrected chi connectivity index (χ2v) is 5.81. The Morgan fingerprint density at radius 1 is 1.04 bits per heavy atom. The maximum absolute atomic E-state index is 13.1. The first-order chi connectivity index (χ1) is 11.9. The molecule has 0 saturated carbocycles. The molecule has 1 fully saturated rings. The first kappa shape index (κ1) is 17.7. The summed E-state index contributed by atoms with van der Waals surface area (Å²) in [7, 11) is 0. The number of rotatable bonds is 4. The molecular weight excluding hydrogens is 340 g/mol. The van der Waals surface area contributed by atoms with Crippen LogP contribution in [0.15, 0.2) is 36.0 Å². The van der Waals surface area contributed by atoms with Gasteiger partial charge in [0, 0.05) is 31.9 Å². The molecule has 5 nitrogen and oxygen atoms in total. The quantitative estimate of drug-likeness (QED) is 0.607. The van der Waals surface area contributed by atoms with Gasteiger partial charge in [0.05, 0.1) is 13.1 Å². The van der Waals surface area contributed by atoms with Crippen LogP contribution >= 0.6 is 0 Å². The normalized spacial score (nSPS) is 20.1. The number of hydrazine groups is 2. The second kappa shape index (κ2) is 7.01. The largest absolute Gasteiger partial charge is 0.432 e. The van der Waals surface area contributed by atoms with E-state index in [9.17, 15) is 22.4 Å². The highest BCUT2D eigenvalue weighted by molar-refractivity contribution is 5.52. The molecule has 2 heterocycles. The lowest BCUT2D eigenvalue weighted by Crippen LogP contribution is -2.58. The van der Waals surface area contributed by atoms with E-state index in [0.717, 1.165) is 16.8 Å². The summed E-state index contributed by atoms with van der Waals surface area (Å²) in [5.41, 5.74) is 0.0712. The smallest absolute Gasteiger partial charge is 0.369 e. The number of carbonyl (C=O) groups excluding carboxylic acids is 1. The lowest BCUT2D eigenvalue weighted by Gasteiger charge is -2.44. The minimum Gasteiger partial charge on any atom is -0.369 e. The van der Waals surface area contributed by atoms with Gasteiger partial charge in [0.15, 0.2) is 0 Å². The first-order valence-electron chi connectivity index (χ1n) is 7.91. The van der Waals surface area contributed by atoms with Crippen molar-refractivity contribution in [1.82, 2.24) is 15.1 Å². The average molecular weight is 358 g/mol. The van der Waals surface area contributed by atoms with Crippen molar-refractivity contribution in [2.75, 3.05) is 44.2 Å². The summed E-state index contributed by atoms with van der Waals surface area (Å²) < 4.78 is 52.2. The Labute approximate surface area is 142 Å². The van der Waals surface area contributed by atoms with E-state index >= 15 is 0 Å². The minimum absolute atomic E-state index is 0.0826. The fraction of sp³-hybridized carbons (Fsp3) is 0.438. The molecular formula is C16H18F4N4O. The van der Waals surface area contributed by atoms with Crippen LogP contribution < -0.4 is 4.90 Å². The fourth-order valence-electron chi connectivity index (χ4n) is 3.13. The molecule has 0 N–H and O–H groups in total. The number of carbonyl (C=O) groups is 1. The number of allylic oxidation sites excluding steroid dienone is 1. The lowest BCUT2D eigenvalue weighted by molar-refractivity contribution is -0.187. The Kier molecular flexibility index (Phi) is 4.96. The summed E-state index contributed by atoms with van der Waals surface area (Å²) in [4.78, 5) is 12.9. The van der Waals surface area contributed by atoms with Gasteiger partial charge in [0.2, 0.25) is 0 Å². The third-order valence-corrected chi connectivity index (χ3v) is 4.32. The number of nitrogens with zero attached hydrogens (tertiary/aromatic N) is 4. The van der Waals surface area contributed by atoms with Crippen LogP contribution in [-0.4, -0.2) is 66.9 Å². The molecule has 0 amide bonds. The van der Waals surface area contributed by atoms with Crippen molar-refractivity contribution in [3.63, 3.8) is 0 Å². The van der Waals surface area contributed by atoms with Crippen LogP contribution in [0.3, 0.4) is 0 Å². The number of benzene rings is 1. The lowest BCUT2D eigenvalue weighted by atomic mass is 10.2. The van der Waals surface area contributed by atoms with Crippen LogP contribution in [0.1, 0.15) is 0 Å². The molecule has 0 bridgehead atoms. The predicted octanol–water partition coefficient (Wildman–Crippen LogP) is 2.04. The molecule has 9 heteroatoms. The number of hydrogen-bond donors (Lipinski definition) is 0. The SMILES string of the molecule is O=CCN1C(C(F)(F)F)=CCN1N1CCN(c2ccc(F)cc2)CC1. The molecule has 0 unspecified atom stereocenters. The molecule has 0 aromatic heterocycles. The molecule has 0 atom stereocenters. The minimum atomic E-state index is -4.49. The second-order valence-electron chi connectivity index (χ2n) is 5.81. The topological polar surface area (TPSA) is 30.0 Å². The van der Waals surface area contributed by atoms with Gasteiger partial charge in [0.25, 0.3) is 0 Å². The maximum Gasteiger partial charge on any atom is 0.432 e. The van der Waals surface area contributed by atoms with E-state index in [2.05, 4.69) is 0 Å². The van der Waals surface area contributed by atoms with Gasteiger partial charge in [-0.1, -0.05) is 0 Å². The van der Waals surface area contributed by atoms with Crippen molar-refractivity contribution in [3.8, 4) is 0 Å². The molecule has 1 aromatic rings. The molecule has 3 rings (SSSR count). The summed E-state index contributed by atoms with van der Waals surface area (Å²) >= 11 is 0. The summed E-state index contributed by atoms with van der Waals surface area (Å²) in [6.07, 6.45) is -2.93. The van der Waals surface area contributed by atoms with Crippen molar-refractivity contribution >= 4 is 12.0 Å². The number of alkyl halides is 3. The zero-order chi connectivity index (χ0) is 18.0.